The van der Waals surface area contributed by atoms with Gasteiger partial charge in [-0.1, -0.05) is 0 Å². The van der Waals surface area contributed by atoms with Gasteiger partial charge >= 0.3 is 0 Å². The van der Waals surface area contributed by atoms with Crippen LogP contribution in [-0.2, 0) is 4.79 Å². The second-order valence-electron chi connectivity index (χ2n) is 5.95. The monoisotopic (exact) mass is 358 g/mol. The number of methoxy groups -OCH3 is 1. The second kappa shape index (κ2) is 8.42. The highest BCUT2D eigenvalue weighted by atomic mass is 16.5. The molecule has 138 valence electrons. The number of likely N-dealkylation sites (tertiary alicyclic amines) is 1. The summed E-state index contributed by atoms with van der Waals surface area (Å²) in [5.41, 5.74) is 0. The Labute approximate surface area is 151 Å². The molecule has 1 saturated heterocycles. The number of carbonyl (C=O) groups is 2. The van der Waals surface area contributed by atoms with Crippen molar-refractivity contribution in [3.05, 3.63) is 48.4 Å². The molecule has 7 heteroatoms. The smallest absolute Gasteiger partial charge is 0.290 e. The number of hydrogen-bond acceptors (Lipinski definition) is 5. The Hall–Kier alpha value is -2.96. The molecule has 1 atom stereocenters. The van der Waals surface area contributed by atoms with Gasteiger partial charge in [0.25, 0.3) is 5.91 Å². The number of benzene rings is 1. The molecule has 1 aliphatic rings. The van der Waals surface area contributed by atoms with E-state index in [9.17, 15) is 9.59 Å². The maximum atomic E-state index is 12.4. The molecule has 26 heavy (non-hydrogen) atoms. The molecule has 1 N–H and O–H groups in total. The molecule has 3 rings (SSSR count). The Balaban J connectivity index is 1.45. The molecule has 2 heterocycles. The van der Waals surface area contributed by atoms with Crippen molar-refractivity contribution in [3.63, 3.8) is 0 Å². The van der Waals surface area contributed by atoms with Crippen LogP contribution in [0.3, 0.4) is 0 Å². The lowest BCUT2D eigenvalue weighted by molar-refractivity contribution is -0.124. The standard InChI is InChI=1S/C19H22N2O5/c1-24-14-6-8-15(9-7-14)25-13-10-20-18(22)16-4-2-11-21(16)19(23)17-5-3-12-26-17/h3,5-9,12,16H,2,4,10-11,13H2,1H3,(H,20,22)/t16-/m0/s1. The van der Waals surface area contributed by atoms with Crippen molar-refractivity contribution in [1.82, 2.24) is 10.2 Å². The van der Waals surface area contributed by atoms with Gasteiger partial charge in [0.1, 0.15) is 24.1 Å². The van der Waals surface area contributed by atoms with Crippen LogP contribution < -0.4 is 14.8 Å². The fraction of sp³-hybridized carbons (Fsp3) is 0.368. The number of ether oxygens (including phenoxy) is 2. The van der Waals surface area contributed by atoms with E-state index in [4.69, 9.17) is 13.9 Å². The van der Waals surface area contributed by atoms with Crippen molar-refractivity contribution in [2.24, 2.45) is 0 Å². The van der Waals surface area contributed by atoms with Crippen molar-refractivity contribution in [2.45, 2.75) is 18.9 Å². The predicted octanol–water partition coefficient (Wildman–Crippen LogP) is 2.09. The zero-order valence-corrected chi connectivity index (χ0v) is 14.6. The molecule has 7 nitrogen and oxygen atoms in total. The summed E-state index contributed by atoms with van der Waals surface area (Å²) in [6.45, 7) is 1.26. The lowest BCUT2D eigenvalue weighted by Crippen LogP contribution is -2.46. The minimum absolute atomic E-state index is 0.166. The number of nitrogens with one attached hydrogen (secondary N) is 1. The molecule has 0 bridgehead atoms. The van der Waals surface area contributed by atoms with Gasteiger partial charge in [-0.25, -0.2) is 0 Å². The zero-order chi connectivity index (χ0) is 18.4. The first-order valence-corrected chi connectivity index (χ1v) is 8.58. The minimum Gasteiger partial charge on any atom is -0.497 e. The van der Waals surface area contributed by atoms with Crippen LogP contribution in [0.4, 0.5) is 0 Å². The summed E-state index contributed by atoms with van der Waals surface area (Å²) in [4.78, 5) is 26.4. The molecular formula is C19H22N2O5. The third-order valence-electron chi connectivity index (χ3n) is 4.28. The summed E-state index contributed by atoms with van der Waals surface area (Å²) in [7, 11) is 1.61. The topological polar surface area (TPSA) is 81.0 Å². The van der Waals surface area contributed by atoms with Gasteiger partial charge in [-0.3, -0.25) is 9.59 Å². The van der Waals surface area contributed by atoms with Gasteiger partial charge in [0, 0.05) is 6.54 Å². The van der Waals surface area contributed by atoms with Crippen molar-refractivity contribution >= 4 is 11.8 Å². The van der Waals surface area contributed by atoms with Gasteiger partial charge in [-0.2, -0.15) is 0 Å². The quantitative estimate of drug-likeness (QED) is 0.767. The van der Waals surface area contributed by atoms with E-state index in [2.05, 4.69) is 5.32 Å². The Morgan fingerprint density at radius 2 is 2.00 bits per heavy atom. The van der Waals surface area contributed by atoms with Gasteiger partial charge in [0.15, 0.2) is 5.76 Å². The van der Waals surface area contributed by atoms with Crippen molar-refractivity contribution < 1.29 is 23.5 Å². The molecule has 1 aromatic carbocycles. The lowest BCUT2D eigenvalue weighted by atomic mass is 10.2. The number of carbonyl (C=O) groups excluding carboxylic acids is 2. The van der Waals surface area contributed by atoms with Crippen LogP contribution in [-0.4, -0.2) is 49.6 Å². The molecule has 0 spiro atoms. The van der Waals surface area contributed by atoms with Gasteiger partial charge in [0.2, 0.25) is 5.91 Å². The maximum absolute atomic E-state index is 12.4. The van der Waals surface area contributed by atoms with Crippen molar-refractivity contribution in [3.8, 4) is 11.5 Å². The number of rotatable bonds is 7. The fourth-order valence-electron chi connectivity index (χ4n) is 2.96. The largest absolute Gasteiger partial charge is 0.497 e. The van der Waals surface area contributed by atoms with Gasteiger partial charge in [-0.05, 0) is 49.2 Å². The summed E-state index contributed by atoms with van der Waals surface area (Å²) in [6, 6.07) is 10.0. The average molecular weight is 358 g/mol. The minimum atomic E-state index is -0.464. The summed E-state index contributed by atoms with van der Waals surface area (Å²) >= 11 is 0. The Morgan fingerprint density at radius 3 is 2.69 bits per heavy atom. The third kappa shape index (κ3) is 4.17. The molecule has 2 aromatic rings. The predicted molar refractivity (Wildman–Crippen MR) is 94.3 cm³/mol. The molecule has 2 amide bonds. The maximum Gasteiger partial charge on any atom is 0.290 e. The number of hydrogen-bond donors (Lipinski definition) is 1. The average Bonchev–Trinajstić information content (AvgIpc) is 3.37. The summed E-state index contributed by atoms with van der Waals surface area (Å²) in [5, 5.41) is 2.83. The van der Waals surface area contributed by atoms with E-state index in [1.807, 2.05) is 12.1 Å². The van der Waals surface area contributed by atoms with E-state index >= 15 is 0 Å². The molecule has 0 radical (unpaired) electrons. The van der Waals surface area contributed by atoms with E-state index in [0.29, 0.717) is 31.9 Å². The van der Waals surface area contributed by atoms with Gasteiger partial charge < -0.3 is 24.1 Å². The van der Waals surface area contributed by atoms with Crippen LogP contribution in [0.25, 0.3) is 0 Å². The summed E-state index contributed by atoms with van der Waals surface area (Å²) in [5.74, 6) is 1.30. The van der Waals surface area contributed by atoms with E-state index in [0.717, 1.165) is 12.2 Å². The van der Waals surface area contributed by atoms with E-state index in [-0.39, 0.29) is 17.6 Å². The van der Waals surface area contributed by atoms with Crippen LogP contribution in [0.5, 0.6) is 11.5 Å². The molecule has 1 fully saturated rings. The first-order chi connectivity index (χ1) is 12.7. The van der Waals surface area contributed by atoms with Crippen LogP contribution in [0, 0.1) is 0 Å². The Morgan fingerprint density at radius 1 is 1.23 bits per heavy atom. The van der Waals surface area contributed by atoms with E-state index in [1.54, 1.807) is 36.3 Å². The van der Waals surface area contributed by atoms with E-state index < -0.39 is 6.04 Å². The number of amides is 2. The number of nitrogens with zero attached hydrogens (tertiary/aromatic N) is 1. The molecule has 1 aliphatic heterocycles. The van der Waals surface area contributed by atoms with Crippen molar-refractivity contribution in [2.75, 3.05) is 26.8 Å². The molecule has 0 saturated carbocycles. The SMILES string of the molecule is COc1ccc(OCCNC(=O)[C@@H]2CCCN2C(=O)c2ccco2)cc1. The highest BCUT2D eigenvalue weighted by Crippen LogP contribution is 2.20. The highest BCUT2D eigenvalue weighted by Gasteiger charge is 2.35. The zero-order valence-electron chi connectivity index (χ0n) is 14.6. The normalized spacial score (nSPS) is 16.3. The fourth-order valence-corrected chi connectivity index (χ4v) is 2.96. The highest BCUT2D eigenvalue weighted by molar-refractivity contribution is 5.95. The molecule has 0 unspecified atom stereocenters. The van der Waals surface area contributed by atoms with Crippen LogP contribution in [0.2, 0.25) is 0 Å². The Bertz CT molecular complexity index is 727. The second-order valence-corrected chi connectivity index (χ2v) is 5.95. The lowest BCUT2D eigenvalue weighted by Gasteiger charge is -2.23. The van der Waals surface area contributed by atoms with Crippen LogP contribution in [0.1, 0.15) is 23.4 Å². The molecule has 1 aromatic heterocycles. The van der Waals surface area contributed by atoms with Crippen LogP contribution >= 0.6 is 0 Å². The van der Waals surface area contributed by atoms with Crippen LogP contribution in [0.15, 0.2) is 47.1 Å². The first kappa shape index (κ1) is 17.8. The molecule has 0 aliphatic carbocycles. The van der Waals surface area contributed by atoms with E-state index in [1.165, 1.54) is 6.26 Å². The van der Waals surface area contributed by atoms with Crippen molar-refractivity contribution in [1.29, 1.82) is 0 Å². The Kier molecular flexibility index (Phi) is 5.78. The molecular weight excluding hydrogens is 336 g/mol. The van der Waals surface area contributed by atoms with Gasteiger partial charge in [-0.15, -0.1) is 0 Å². The summed E-state index contributed by atoms with van der Waals surface area (Å²) in [6.07, 6.45) is 2.90. The number of furan rings is 1. The first-order valence-electron chi connectivity index (χ1n) is 8.58. The van der Waals surface area contributed by atoms with Gasteiger partial charge in [0.05, 0.1) is 19.9 Å². The summed E-state index contributed by atoms with van der Waals surface area (Å²) < 4.78 is 15.8. The third-order valence-corrected chi connectivity index (χ3v) is 4.28.